The molecule has 0 amide bonds. The maximum atomic E-state index is 4.25. The van der Waals surface area contributed by atoms with E-state index in [1.54, 1.807) is 0 Å². The molecule has 0 fully saturated rings. The highest BCUT2D eigenvalue weighted by Crippen LogP contribution is 2.16. The summed E-state index contributed by atoms with van der Waals surface area (Å²) < 4.78 is 1.05. The van der Waals surface area contributed by atoms with E-state index in [0.29, 0.717) is 0 Å². The molecule has 19 heavy (non-hydrogen) atoms. The minimum absolute atomic E-state index is 0.958. The number of hydrazone groups is 1. The molecule has 3 aromatic rings. The summed E-state index contributed by atoms with van der Waals surface area (Å²) in [6, 6.07) is 16.1. The summed E-state index contributed by atoms with van der Waals surface area (Å²) in [6.45, 7) is 0. The fraction of sp³-hybridized carbons (Fsp3) is 0. The van der Waals surface area contributed by atoms with Crippen LogP contribution in [0.1, 0.15) is 5.56 Å². The summed E-state index contributed by atoms with van der Waals surface area (Å²) in [6.07, 6.45) is 3.78. The second-order valence-electron chi connectivity index (χ2n) is 4.17. The van der Waals surface area contributed by atoms with Gasteiger partial charge in [0.2, 0.25) is 0 Å². The zero-order chi connectivity index (χ0) is 13.1. The van der Waals surface area contributed by atoms with Gasteiger partial charge in [-0.25, -0.2) is 0 Å². The van der Waals surface area contributed by atoms with Gasteiger partial charge in [0.25, 0.3) is 0 Å². The smallest absolute Gasteiger partial charge is 0.0566 e. The van der Waals surface area contributed by atoms with Crippen molar-refractivity contribution in [1.82, 2.24) is 4.98 Å². The lowest BCUT2D eigenvalue weighted by Gasteiger charge is -1.99. The summed E-state index contributed by atoms with van der Waals surface area (Å²) >= 11 is 3.40. The van der Waals surface area contributed by atoms with Crippen LogP contribution in [-0.2, 0) is 0 Å². The first kappa shape index (κ1) is 12.0. The van der Waals surface area contributed by atoms with Crippen molar-refractivity contribution < 1.29 is 0 Å². The molecule has 1 aromatic heterocycles. The molecule has 3 rings (SSSR count). The van der Waals surface area contributed by atoms with Gasteiger partial charge in [-0.05, 0) is 30.3 Å². The van der Waals surface area contributed by atoms with Crippen molar-refractivity contribution >= 4 is 38.7 Å². The van der Waals surface area contributed by atoms with E-state index in [0.717, 1.165) is 21.2 Å². The van der Waals surface area contributed by atoms with Crippen molar-refractivity contribution in [2.75, 3.05) is 5.43 Å². The SMILES string of the molecule is Brc1ccc(N/N=C/c2c[nH]c3ccccc23)cc1. The molecule has 0 atom stereocenters. The second kappa shape index (κ2) is 5.28. The summed E-state index contributed by atoms with van der Waals surface area (Å²) in [4.78, 5) is 3.22. The van der Waals surface area contributed by atoms with Gasteiger partial charge in [0, 0.05) is 27.1 Å². The Hall–Kier alpha value is -2.07. The topological polar surface area (TPSA) is 40.2 Å². The molecular weight excluding hydrogens is 302 g/mol. The Balaban J connectivity index is 1.77. The lowest BCUT2D eigenvalue weighted by molar-refractivity contribution is 1.35. The molecule has 4 heteroatoms. The van der Waals surface area contributed by atoms with Gasteiger partial charge < -0.3 is 4.98 Å². The molecule has 0 spiro atoms. The van der Waals surface area contributed by atoms with Crippen LogP contribution in [0.5, 0.6) is 0 Å². The van der Waals surface area contributed by atoms with Gasteiger partial charge in [0.15, 0.2) is 0 Å². The lowest BCUT2D eigenvalue weighted by Crippen LogP contribution is -1.89. The lowest BCUT2D eigenvalue weighted by atomic mass is 10.2. The fourth-order valence-corrected chi connectivity index (χ4v) is 2.17. The van der Waals surface area contributed by atoms with Gasteiger partial charge in [0.1, 0.15) is 0 Å². The van der Waals surface area contributed by atoms with Crippen molar-refractivity contribution in [2.45, 2.75) is 0 Å². The van der Waals surface area contributed by atoms with E-state index in [-0.39, 0.29) is 0 Å². The van der Waals surface area contributed by atoms with Crippen LogP contribution in [0.3, 0.4) is 0 Å². The standard InChI is InChI=1S/C15H12BrN3/c16-12-5-7-13(8-6-12)19-18-10-11-9-17-15-4-2-1-3-14(11)15/h1-10,17,19H/b18-10+. The second-order valence-corrected chi connectivity index (χ2v) is 5.08. The van der Waals surface area contributed by atoms with Gasteiger partial charge in [-0.2, -0.15) is 5.10 Å². The molecule has 2 aromatic carbocycles. The van der Waals surface area contributed by atoms with Gasteiger partial charge in [-0.3, -0.25) is 5.43 Å². The minimum atomic E-state index is 0.958. The number of hydrogen-bond acceptors (Lipinski definition) is 2. The number of aromatic nitrogens is 1. The molecular formula is C15H12BrN3. The number of anilines is 1. The molecule has 0 aliphatic rings. The van der Waals surface area contributed by atoms with Crippen LogP contribution in [-0.4, -0.2) is 11.2 Å². The molecule has 0 aliphatic heterocycles. The molecule has 0 bridgehead atoms. The van der Waals surface area contributed by atoms with E-state index in [2.05, 4.69) is 43.6 Å². The van der Waals surface area contributed by atoms with E-state index in [9.17, 15) is 0 Å². The van der Waals surface area contributed by atoms with Gasteiger partial charge in [-0.1, -0.05) is 34.1 Å². The third-order valence-electron chi connectivity index (χ3n) is 2.86. The summed E-state index contributed by atoms with van der Waals surface area (Å²) in [5.41, 5.74) is 6.16. The number of fused-ring (bicyclic) bond motifs is 1. The zero-order valence-corrected chi connectivity index (χ0v) is 11.7. The van der Waals surface area contributed by atoms with Crippen LogP contribution in [0.2, 0.25) is 0 Å². The van der Waals surface area contributed by atoms with Crippen LogP contribution in [0.15, 0.2) is 64.3 Å². The number of hydrogen-bond donors (Lipinski definition) is 2. The molecule has 1 heterocycles. The highest BCUT2D eigenvalue weighted by molar-refractivity contribution is 9.10. The summed E-state index contributed by atoms with van der Waals surface area (Å²) in [5, 5.41) is 5.42. The molecule has 0 saturated carbocycles. The fourth-order valence-electron chi connectivity index (χ4n) is 1.90. The Morgan fingerprint density at radius 3 is 2.68 bits per heavy atom. The number of halogens is 1. The minimum Gasteiger partial charge on any atom is -0.361 e. The number of nitrogens with zero attached hydrogens (tertiary/aromatic N) is 1. The summed E-state index contributed by atoms with van der Waals surface area (Å²) in [7, 11) is 0. The summed E-state index contributed by atoms with van der Waals surface area (Å²) in [5.74, 6) is 0. The van der Waals surface area contributed by atoms with E-state index >= 15 is 0 Å². The quantitative estimate of drug-likeness (QED) is 0.547. The largest absolute Gasteiger partial charge is 0.361 e. The maximum absolute atomic E-state index is 4.25. The number of benzene rings is 2. The Kier molecular flexibility index (Phi) is 3.33. The van der Waals surface area contributed by atoms with Gasteiger partial charge in [0.05, 0.1) is 11.9 Å². The Labute approximate surface area is 119 Å². The maximum Gasteiger partial charge on any atom is 0.0566 e. The predicted molar refractivity (Wildman–Crippen MR) is 83.7 cm³/mol. The first-order chi connectivity index (χ1) is 9.33. The number of H-pyrrole nitrogens is 1. The first-order valence-corrected chi connectivity index (χ1v) is 6.73. The average molecular weight is 314 g/mol. The van der Waals surface area contributed by atoms with Crippen LogP contribution in [0.25, 0.3) is 10.9 Å². The third-order valence-corrected chi connectivity index (χ3v) is 3.39. The first-order valence-electron chi connectivity index (χ1n) is 5.94. The monoisotopic (exact) mass is 313 g/mol. The van der Waals surface area contributed by atoms with Crippen LogP contribution in [0, 0.1) is 0 Å². The van der Waals surface area contributed by atoms with Crippen molar-refractivity contribution in [3.05, 3.63) is 64.8 Å². The Bertz CT molecular complexity index is 714. The molecule has 2 N–H and O–H groups in total. The highest BCUT2D eigenvalue weighted by Gasteiger charge is 1.99. The van der Waals surface area contributed by atoms with Crippen LogP contribution >= 0.6 is 15.9 Å². The van der Waals surface area contributed by atoms with Crippen molar-refractivity contribution in [3.8, 4) is 0 Å². The number of aromatic amines is 1. The van der Waals surface area contributed by atoms with E-state index in [4.69, 9.17) is 0 Å². The zero-order valence-electron chi connectivity index (χ0n) is 10.1. The van der Waals surface area contributed by atoms with E-state index in [1.807, 2.05) is 48.8 Å². The van der Waals surface area contributed by atoms with E-state index < -0.39 is 0 Å². The normalized spacial score (nSPS) is 11.2. The van der Waals surface area contributed by atoms with Crippen LogP contribution in [0.4, 0.5) is 5.69 Å². The number of rotatable bonds is 3. The molecule has 3 nitrogen and oxygen atoms in total. The molecule has 0 aliphatic carbocycles. The highest BCUT2D eigenvalue weighted by atomic mass is 79.9. The van der Waals surface area contributed by atoms with Crippen molar-refractivity contribution in [3.63, 3.8) is 0 Å². The average Bonchev–Trinajstić information content (AvgIpc) is 2.85. The molecule has 0 radical (unpaired) electrons. The van der Waals surface area contributed by atoms with Crippen LogP contribution < -0.4 is 5.43 Å². The molecule has 0 unspecified atom stereocenters. The molecule has 0 saturated heterocycles. The Morgan fingerprint density at radius 1 is 1.05 bits per heavy atom. The van der Waals surface area contributed by atoms with E-state index in [1.165, 1.54) is 5.39 Å². The third kappa shape index (κ3) is 2.69. The number of para-hydroxylation sites is 1. The van der Waals surface area contributed by atoms with Gasteiger partial charge in [-0.15, -0.1) is 0 Å². The van der Waals surface area contributed by atoms with Gasteiger partial charge >= 0.3 is 0 Å². The molecule has 94 valence electrons. The van der Waals surface area contributed by atoms with Crippen molar-refractivity contribution in [1.29, 1.82) is 0 Å². The Morgan fingerprint density at radius 2 is 1.84 bits per heavy atom. The van der Waals surface area contributed by atoms with Crippen molar-refractivity contribution in [2.24, 2.45) is 5.10 Å². The number of nitrogens with one attached hydrogen (secondary N) is 2. The predicted octanol–water partition coefficient (Wildman–Crippen LogP) is 4.38.